The number of nitrogens with zero attached hydrogens (tertiary/aromatic N) is 1. The van der Waals surface area contributed by atoms with Gasteiger partial charge in [-0.2, -0.15) is 0 Å². The van der Waals surface area contributed by atoms with Crippen LogP contribution >= 0.6 is 0 Å². The minimum absolute atomic E-state index is 0.197. The van der Waals surface area contributed by atoms with Crippen LogP contribution in [0.3, 0.4) is 0 Å². The molecule has 1 aliphatic heterocycles. The van der Waals surface area contributed by atoms with Crippen molar-refractivity contribution < 1.29 is 19.4 Å². The number of carbonyl (C=O) groups excluding carboxylic acids is 1. The summed E-state index contributed by atoms with van der Waals surface area (Å²) in [6.07, 6.45) is 2.28. The van der Waals surface area contributed by atoms with Gasteiger partial charge in [0.15, 0.2) is 0 Å². The van der Waals surface area contributed by atoms with Crippen LogP contribution in [-0.4, -0.2) is 67.9 Å². The molecule has 0 saturated carbocycles. The first kappa shape index (κ1) is 14.7. The molecule has 1 unspecified atom stereocenters. The van der Waals surface area contributed by atoms with Gasteiger partial charge >= 0.3 is 12.0 Å². The molecule has 1 rings (SSSR count). The number of carbonyl (C=O) groups is 2. The van der Waals surface area contributed by atoms with Gasteiger partial charge in [-0.15, -0.1) is 0 Å². The van der Waals surface area contributed by atoms with Gasteiger partial charge in [0.05, 0.1) is 6.61 Å². The number of likely N-dealkylation sites (N-methyl/N-ethyl adjacent to an activating group) is 1. The second-order valence-corrected chi connectivity index (χ2v) is 4.36. The molecule has 3 N–H and O–H groups in total. The van der Waals surface area contributed by atoms with Gasteiger partial charge in [-0.25, -0.2) is 9.59 Å². The summed E-state index contributed by atoms with van der Waals surface area (Å²) in [7, 11) is 2.05. The number of carboxylic acids is 1. The molecule has 0 aromatic heterocycles. The molecule has 1 saturated heterocycles. The van der Waals surface area contributed by atoms with Crippen LogP contribution in [0.2, 0.25) is 0 Å². The summed E-state index contributed by atoms with van der Waals surface area (Å²) < 4.78 is 4.79. The van der Waals surface area contributed by atoms with Gasteiger partial charge in [0.2, 0.25) is 0 Å². The van der Waals surface area contributed by atoms with Crippen molar-refractivity contribution in [3.8, 4) is 0 Å². The molecule has 2 amide bonds. The first-order chi connectivity index (χ1) is 8.59. The highest BCUT2D eigenvalue weighted by Crippen LogP contribution is 2.13. The maximum atomic E-state index is 11.4. The lowest BCUT2D eigenvalue weighted by Gasteiger charge is -2.19. The maximum Gasteiger partial charge on any atom is 0.329 e. The van der Waals surface area contributed by atoms with E-state index in [0.29, 0.717) is 19.1 Å². The summed E-state index contributed by atoms with van der Waals surface area (Å²) in [5.74, 6) is -1.01. The number of hydrogen-bond donors (Lipinski definition) is 3. The number of aliphatic carboxylic acids is 1. The summed E-state index contributed by atoms with van der Waals surface area (Å²) in [4.78, 5) is 23.8. The number of ether oxygens (including phenoxy) is 1. The molecule has 18 heavy (non-hydrogen) atoms. The van der Waals surface area contributed by atoms with Crippen LogP contribution in [0.4, 0.5) is 4.79 Å². The standard InChI is InChI=1S/C11H21N3O4/c1-14-5-2-3-9(14)7-13-11(17)12-4-6-18-8-10(15)16/h9H,2-8H2,1H3,(H,15,16)(H2,12,13,17). The highest BCUT2D eigenvalue weighted by atomic mass is 16.5. The molecule has 104 valence electrons. The van der Waals surface area contributed by atoms with Crippen molar-refractivity contribution in [2.24, 2.45) is 0 Å². The van der Waals surface area contributed by atoms with E-state index in [0.717, 1.165) is 13.0 Å². The van der Waals surface area contributed by atoms with E-state index in [1.807, 2.05) is 0 Å². The number of nitrogens with one attached hydrogen (secondary N) is 2. The minimum Gasteiger partial charge on any atom is -0.480 e. The quantitative estimate of drug-likeness (QED) is 0.535. The van der Waals surface area contributed by atoms with Gasteiger partial charge in [0.25, 0.3) is 0 Å². The van der Waals surface area contributed by atoms with Crippen molar-refractivity contribution in [2.45, 2.75) is 18.9 Å². The third kappa shape index (κ3) is 5.83. The summed E-state index contributed by atoms with van der Waals surface area (Å²) in [5.41, 5.74) is 0. The molecular weight excluding hydrogens is 238 g/mol. The van der Waals surface area contributed by atoms with Crippen LogP contribution in [-0.2, 0) is 9.53 Å². The number of carboxylic acid groups (broad SMARTS) is 1. The average molecular weight is 259 g/mol. The first-order valence-corrected chi connectivity index (χ1v) is 6.11. The molecule has 7 nitrogen and oxygen atoms in total. The lowest BCUT2D eigenvalue weighted by molar-refractivity contribution is -0.142. The zero-order valence-electron chi connectivity index (χ0n) is 10.6. The summed E-state index contributed by atoms with van der Waals surface area (Å²) in [6, 6.07) is 0.174. The van der Waals surface area contributed by atoms with E-state index < -0.39 is 5.97 Å². The Hall–Kier alpha value is -1.34. The van der Waals surface area contributed by atoms with E-state index >= 15 is 0 Å². The van der Waals surface area contributed by atoms with Crippen LogP contribution in [0.25, 0.3) is 0 Å². The number of hydrogen-bond acceptors (Lipinski definition) is 4. The zero-order valence-corrected chi connectivity index (χ0v) is 10.6. The molecular formula is C11H21N3O4. The van der Waals surface area contributed by atoms with Crippen LogP contribution in [0.1, 0.15) is 12.8 Å². The van der Waals surface area contributed by atoms with Crippen molar-refractivity contribution in [1.29, 1.82) is 0 Å². The van der Waals surface area contributed by atoms with Gasteiger partial charge < -0.3 is 25.4 Å². The number of urea groups is 1. The summed E-state index contributed by atoms with van der Waals surface area (Å²) in [5, 5.41) is 13.7. The molecule has 7 heteroatoms. The molecule has 0 aromatic rings. The monoisotopic (exact) mass is 259 g/mol. The van der Waals surface area contributed by atoms with E-state index in [1.165, 1.54) is 6.42 Å². The second kappa shape index (κ2) is 7.88. The number of likely N-dealkylation sites (tertiary alicyclic amines) is 1. The SMILES string of the molecule is CN1CCCC1CNC(=O)NCCOCC(=O)O. The Kier molecular flexibility index (Phi) is 6.45. The maximum absolute atomic E-state index is 11.4. The topological polar surface area (TPSA) is 90.9 Å². The fourth-order valence-electron chi connectivity index (χ4n) is 1.91. The first-order valence-electron chi connectivity index (χ1n) is 6.11. The highest BCUT2D eigenvalue weighted by Gasteiger charge is 2.20. The summed E-state index contributed by atoms with van der Waals surface area (Å²) >= 11 is 0. The van der Waals surface area contributed by atoms with E-state index in [4.69, 9.17) is 9.84 Å². The van der Waals surface area contributed by atoms with Crippen LogP contribution < -0.4 is 10.6 Å². The van der Waals surface area contributed by atoms with E-state index in [2.05, 4.69) is 22.6 Å². The fourth-order valence-corrected chi connectivity index (χ4v) is 1.91. The van der Waals surface area contributed by atoms with Crippen molar-refractivity contribution in [3.63, 3.8) is 0 Å². The van der Waals surface area contributed by atoms with Crippen LogP contribution in [0.15, 0.2) is 0 Å². The molecule has 0 radical (unpaired) electrons. The largest absolute Gasteiger partial charge is 0.480 e. The van der Waals surface area contributed by atoms with Gasteiger partial charge in [-0.05, 0) is 26.4 Å². The Bertz CT molecular complexity index is 285. The van der Waals surface area contributed by atoms with Crippen molar-refractivity contribution in [2.75, 3.05) is 39.9 Å². The summed E-state index contributed by atoms with van der Waals surface area (Å²) in [6.45, 7) is 1.88. The van der Waals surface area contributed by atoms with Crippen LogP contribution in [0.5, 0.6) is 0 Å². The smallest absolute Gasteiger partial charge is 0.329 e. The lowest BCUT2D eigenvalue weighted by atomic mass is 10.2. The Morgan fingerprint density at radius 2 is 2.22 bits per heavy atom. The van der Waals surface area contributed by atoms with E-state index in [1.54, 1.807) is 0 Å². The predicted octanol–water partition coefficient (Wildman–Crippen LogP) is -0.519. The van der Waals surface area contributed by atoms with E-state index in [-0.39, 0.29) is 19.2 Å². The molecule has 1 atom stereocenters. The fraction of sp³-hybridized carbons (Fsp3) is 0.818. The third-order valence-electron chi connectivity index (χ3n) is 2.93. The molecule has 1 heterocycles. The van der Waals surface area contributed by atoms with Crippen molar-refractivity contribution in [3.05, 3.63) is 0 Å². The molecule has 0 bridgehead atoms. The third-order valence-corrected chi connectivity index (χ3v) is 2.93. The molecule has 0 aromatic carbocycles. The lowest BCUT2D eigenvalue weighted by Crippen LogP contribution is -2.43. The second-order valence-electron chi connectivity index (χ2n) is 4.36. The van der Waals surface area contributed by atoms with Gasteiger partial charge in [-0.3, -0.25) is 0 Å². The van der Waals surface area contributed by atoms with Crippen molar-refractivity contribution >= 4 is 12.0 Å². The minimum atomic E-state index is -1.01. The molecule has 1 fully saturated rings. The molecule has 1 aliphatic rings. The number of amides is 2. The average Bonchev–Trinajstić information content (AvgIpc) is 2.71. The Labute approximate surface area is 106 Å². The predicted molar refractivity (Wildman–Crippen MR) is 65.5 cm³/mol. The zero-order chi connectivity index (χ0) is 13.4. The Balaban J connectivity index is 1.98. The highest BCUT2D eigenvalue weighted by molar-refractivity contribution is 5.73. The van der Waals surface area contributed by atoms with Crippen LogP contribution in [0, 0.1) is 0 Å². The Morgan fingerprint density at radius 1 is 1.44 bits per heavy atom. The molecule has 0 spiro atoms. The van der Waals surface area contributed by atoms with Crippen molar-refractivity contribution in [1.82, 2.24) is 15.5 Å². The van der Waals surface area contributed by atoms with E-state index in [9.17, 15) is 9.59 Å². The van der Waals surface area contributed by atoms with Gasteiger partial charge in [0, 0.05) is 19.1 Å². The molecule has 0 aliphatic carbocycles. The van der Waals surface area contributed by atoms with Gasteiger partial charge in [0.1, 0.15) is 6.61 Å². The Morgan fingerprint density at radius 3 is 2.83 bits per heavy atom. The van der Waals surface area contributed by atoms with Gasteiger partial charge in [-0.1, -0.05) is 0 Å². The number of rotatable bonds is 7. The normalized spacial score (nSPS) is 19.7.